The number of pyridine rings is 1. The molecular formula is C31H36N4O. The van der Waals surface area contributed by atoms with Crippen LogP contribution in [-0.2, 0) is 4.79 Å². The Morgan fingerprint density at radius 3 is 2.19 bits per heavy atom. The summed E-state index contributed by atoms with van der Waals surface area (Å²) in [5.74, 6) is -0.0488. The van der Waals surface area contributed by atoms with Crippen molar-refractivity contribution in [2.45, 2.75) is 18.9 Å². The van der Waals surface area contributed by atoms with Crippen LogP contribution >= 0.6 is 0 Å². The Morgan fingerprint density at radius 2 is 1.56 bits per heavy atom. The molecule has 2 heterocycles. The average molecular weight is 481 g/mol. The summed E-state index contributed by atoms with van der Waals surface area (Å²) >= 11 is 0. The summed E-state index contributed by atoms with van der Waals surface area (Å²) in [7, 11) is 0. The molecule has 1 saturated heterocycles. The molecule has 0 aliphatic carbocycles. The molecule has 2 aromatic carbocycles. The molecule has 5 nitrogen and oxygen atoms in total. The monoisotopic (exact) mass is 480 g/mol. The second-order valence-electron chi connectivity index (χ2n) is 9.10. The molecule has 4 rings (SSSR count). The zero-order valence-corrected chi connectivity index (χ0v) is 20.9. The Bertz CT molecular complexity index is 1050. The van der Waals surface area contributed by atoms with Crippen LogP contribution in [0.15, 0.2) is 103 Å². The van der Waals surface area contributed by atoms with Crippen molar-refractivity contribution in [3.8, 4) is 0 Å². The molecule has 1 fully saturated rings. The topological polar surface area (TPSA) is 48.5 Å². The van der Waals surface area contributed by atoms with Gasteiger partial charge in [-0.3, -0.25) is 14.7 Å². The number of rotatable bonds is 11. The quantitative estimate of drug-likeness (QED) is 0.240. The van der Waals surface area contributed by atoms with Gasteiger partial charge in [0.05, 0.1) is 6.04 Å². The van der Waals surface area contributed by atoms with Gasteiger partial charge in [-0.15, -0.1) is 0 Å². The van der Waals surface area contributed by atoms with Crippen molar-refractivity contribution < 1.29 is 4.79 Å². The van der Waals surface area contributed by atoms with E-state index in [-0.39, 0.29) is 5.91 Å². The predicted molar refractivity (Wildman–Crippen MR) is 147 cm³/mol. The maximum absolute atomic E-state index is 12.0. The summed E-state index contributed by atoms with van der Waals surface area (Å²) in [5.41, 5.74) is 3.73. The van der Waals surface area contributed by atoms with Crippen LogP contribution in [0.4, 0.5) is 0 Å². The van der Waals surface area contributed by atoms with E-state index in [9.17, 15) is 4.79 Å². The minimum absolute atomic E-state index is 0.0488. The number of aromatic nitrogens is 1. The van der Waals surface area contributed by atoms with Crippen molar-refractivity contribution >= 4 is 12.0 Å². The minimum Gasteiger partial charge on any atom is -0.353 e. The first-order valence-corrected chi connectivity index (χ1v) is 12.9. The Kier molecular flexibility index (Phi) is 10.0. The van der Waals surface area contributed by atoms with E-state index in [0.29, 0.717) is 12.6 Å². The van der Waals surface area contributed by atoms with Gasteiger partial charge in [0.2, 0.25) is 5.91 Å². The zero-order chi connectivity index (χ0) is 24.8. The van der Waals surface area contributed by atoms with E-state index in [1.165, 1.54) is 11.1 Å². The minimum atomic E-state index is -0.0488. The number of hydrogen-bond acceptors (Lipinski definition) is 4. The Balaban J connectivity index is 1.15. The van der Waals surface area contributed by atoms with Gasteiger partial charge in [0, 0.05) is 51.2 Å². The highest BCUT2D eigenvalue weighted by Crippen LogP contribution is 2.29. The van der Waals surface area contributed by atoms with E-state index >= 15 is 0 Å². The number of nitrogens with zero attached hydrogens (tertiary/aromatic N) is 3. The highest BCUT2D eigenvalue weighted by molar-refractivity contribution is 5.87. The van der Waals surface area contributed by atoms with E-state index in [4.69, 9.17) is 0 Å². The largest absolute Gasteiger partial charge is 0.353 e. The number of nitrogens with one attached hydrogen (secondary N) is 1. The lowest BCUT2D eigenvalue weighted by molar-refractivity contribution is -0.116. The van der Waals surface area contributed by atoms with Crippen LogP contribution in [0, 0.1) is 0 Å². The fourth-order valence-electron chi connectivity index (χ4n) is 4.64. The number of amides is 1. The van der Waals surface area contributed by atoms with Gasteiger partial charge in [-0.25, -0.2) is 0 Å². The molecule has 3 aromatic rings. The highest BCUT2D eigenvalue weighted by Gasteiger charge is 2.26. The zero-order valence-electron chi connectivity index (χ0n) is 20.9. The number of piperazine rings is 1. The number of carbonyl (C=O) groups excluding carboxylic acids is 1. The van der Waals surface area contributed by atoms with Crippen LogP contribution in [0.1, 0.15) is 35.6 Å². The van der Waals surface area contributed by atoms with Gasteiger partial charge in [-0.05, 0) is 42.1 Å². The van der Waals surface area contributed by atoms with E-state index in [1.54, 1.807) is 24.5 Å². The lowest BCUT2D eigenvalue weighted by Crippen LogP contribution is -2.48. The lowest BCUT2D eigenvalue weighted by atomic mass is 9.96. The SMILES string of the molecule is O=C(/C=C/C=C/c1cccnc1)NCCCCN1CCN(C(c2ccccc2)c2ccccc2)CC1. The normalized spacial score (nSPS) is 15.1. The van der Waals surface area contributed by atoms with E-state index in [1.807, 2.05) is 24.3 Å². The molecular weight excluding hydrogens is 444 g/mol. The Hall–Kier alpha value is -3.54. The molecule has 0 radical (unpaired) electrons. The van der Waals surface area contributed by atoms with Gasteiger partial charge >= 0.3 is 0 Å². The molecule has 0 atom stereocenters. The second kappa shape index (κ2) is 14.1. The second-order valence-corrected chi connectivity index (χ2v) is 9.10. The third-order valence-electron chi connectivity index (χ3n) is 6.53. The highest BCUT2D eigenvalue weighted by atomic mass is 16.1. The number of carbonyl (C=O) groups is 1. The maximum Gasteiger partial charge on any atom is 0.243 e. The molecule has 186 valence electrons. The molecule has 1 aromatic heterocycles. The molecule has 36 heavy (non-hydrogen) atoms. The van der Waals surface area contributed by atoms with Crippen LogP contribution in [0.5, 0.6) is 0 Å². The molecule has 1 aliphatic heterocycles. The fourth-order valence-corrected chi connectivity index (χ4v) is 4.64. The number of benzene rings is 2. The summed E-state index contributed by atoms with van der Waals surface area (Å²) in [6.07, 6.45) is 12.7. The third-order valence-corrected chi connectivity index (χ3v) is 6.53. The van der Waals surface area contributed by atoms with Crippen LogP contribution in [0.3, 0.4) is 0 Å². The van der Waals surface area contributed by atoms with Crippen molar-refractivity contribution in [3.05, 3.63) is 120 Å². The predicted octanol–water partition coefficient (Wildman–Crippen LogP) is 4.95. The van der Waals surface area contributed by atoms with Gasteiger partial charge < -0.3 is 10.2 Å². The Morgan fingerprint density at radius 1 is 0.861 bits per heavy atom. The number of allylic oxidation sites excluding steroid dienone is 2. The standard InChI is InChI=1S/C31H36N4O/c36-30(18-8-7-12-27-13-11-19-32-26-27)33-20-9-10-21-34-22-24-35(25-23-34)31(28-14-3-1-4-15-28)29-16-5-2-6-17-29/h1-8,11-19,26,31H,9-10,20-25H2,(H,33,36)/b12-7+,18-8+. The molecule has 0 spiro atoms. The third kappa shape index (κ3) is 8.01. The van der Waals surface area contributed by atoms with E-state index in [0.717, 1.165) is 51.1 Å². The average Bonchev–Trinajstić information content (AvgIpc) is 2.94. The molecule has 1 aliphatic rings. The van der Waals surface area contributed by atoms with Gasteiger partial charge in [0.15, 0.2) is 0 Å². The molecule has 0 unspecified atom stereocenters. The van der Waals surface area contributed by atoms with Gasteiger partial charge in [-0.1, -0.05) is 85.0 Å². The summed E-state index contributed by atoms with van der Waals surface area (Å²) in [6.45, 7) is 6.06. The first-order chi connectivity index (χ1) is 17.8. The van der Waals surface area contributed by atoms with Crippen molar-refractivity contribution in [2.75, 3.05) is 39.3 Å². The molecule has 0 saturated carbocycles. The van der Waals surface area contributed by atoms with Crippen LogP contribution in [0.25, 0.3) is 6.08 Å². The van der Waals surface area contributed by atoms with E-state index in [2.05, 4.69) is 80.8 Å². The maximum atomic E-state index is 12.0. The molecule has 1 N–H and O–H groups in total. The summed E-state index contributed by atoms with van der Waals surface area (Å²) in [6, 6.07) is 25.8. The van der Waals surface area contributed by atoms with Crippen molar-refractivity contribution in [1.29, 1.82) is 0 Å². The van der Waals surface area contributed by atoms with Crippen molar-refractivity contribution in [2.24, 2.45) is 0 Å². The smallest absolute Gasteiger partial charge is 0.243 e. The van der Waals surface area contributed by atoms with Gasteiger partial charge in [-0.2, -0.15) is 0 Å². The summed E-state index contributed by atoms with van der Waals surface area (Å²) in [4.78, 5) is 21.2. The molecule has 1 amide bonds. The van der Waals surface area contributed by atoms with Crippen molar-refractivity contribution in [3.63, 3.8) is 0 Å². The van der Waals surface area contributed by atoms with Crippen LogP contribution in [0.2, 0.25) is 0 Å². The Labute approximate surface area is 215 Å². The first kappa shape index (κ1) is 25.5. The lowest BCUT2D eigenvalue weighted by Gasteiger charge is -2.39. The van der Waals surface area contributed by atoms with E-state index < -0.39 is 0 Å². The van der Waals surface area contributed by atoms with Crippen LogP contribution in [-0.4, -0.2) is 60.0 Å². The first-order valence-electron chi connectivity index (χ1n) is 12.9. The van der Waals surface area contributed by atoms with Gasteiger partial charge in [0.1, 0.15) is 0 Å². The number of unbranched alkanes of at least 4 members (excludes halogenated alkanes) is 1. The van der Waals surface area contributed by atoms with Gasteiger partial charge in [0.25, 0.3) is 0 Å². The summed E-state index contributed by atoms with van der Waals surface area (Å²) < 4.78 is 0. The molecule has 5 heteroatoms. The molecule has 0 bridgehead atoms. The van der Waals surface area contributed by atoms with Crippen molar-refractivity contribution in [1.82, 2.24) is 20.1 Å². The number of hydrogen-bond donors (Lipinski definition) is 1. The summed E-state index contributed by atoms with van der Waals surface area (Å²) in [5, 5.41) is 2.98. The van der Waals surface area contributed by atoms with Crippen LogP contribution < -0.4 is 5.32 Å². The fraction of sp³-hybridized carbons (Fsp3) is 0.290.